The van der Waals surface area contributed by atoms with Crippen LogP contribution in [-0.2, 0) is 17.7 Å². The number of ether oxygens (including phenoxy) is 1. The van der Waals surface area contributed by atoms with E-state index in [1.165, 1.54) is 12.1 Å². The zero-order valence-electron chi connectivity index (χ0n) is 13.2. The number of carbonyl (C=O) groups excluding carboxylic acids is 1. The molecular formula is C15H20N4O5. The van der Waals surface area contributed by atoms with Gasteiger partial charge in [0.15, 0.2) is 5.82 Å². The van der Waals surface area contributed by atoms with Gasteiger partial charge >= 0.3 is 6.03 Å². The smallest absolute Gasteiger partial charge is 0.315 e. The summed E-state index contributed by atoms with van der Waals surface area (Å²) in [4.78, 5) is 15.8. The fourth-order valence-electron chi connectivity index (χ4n) is 1.91. The van der Waals surface area contributed by atoms with Crippen LogP contribution in [0, 0.1) is 0 Å². The van der Waals surface area contributed by atoms with Gasteiger partial charge in [0.2, 0.25) is 5.89 Å². The van der Waals surface area contributed by atoms with Gasteiger partial charge in [-0.25, -0.2) is 4.79 Å². The van der Waals surface area contributed by atoms with Crippen LogP contribution in [0.5, 0.6) is 5.75 Å². The molecule has 1 atom stereocenters. The quantitative estimate of drug-likeness (QED) is 0.552. The number of nitrogens with zero attached hydrogens (tertiary/aromatic N) is 2. The number of urea groups is 1. The number of aromatic nitrogens is 2. The molecule has 0 fully saturated rings. The van der Waals surface area contributed by atoms with E-state index >= 15 is 0 Å². The number of aliphatic hydroxyl groups excluding tert-OH is 1. The number of aliphatic hydroxyl groups is 1. The molecule has 1 unspecified atom stereocenters. The van der Waals surface area contributed by atoms with Crippen LogP contribution < -0.4 is 10.6 Å². The summed E-state index contributed by atoms with van der Waals surface area (Å²) in [7, 11) is 1.58. The highest BCUT2D eigenvalue weighted by Gasteiger charge is 2.11. The first-order chi connectivity index (χ1) is 11.6. The zero-order chi connectivity index (χ0) is 17.4. The number of phenolic OH excluding ortho intramolecular Hbond substituents is 1. The van der Waals surface area contributed by atoms with Gasteiger partial charge in [0.1, 0.15) is 5.75 Å². The topological polar surface area (TPSA) is 130 Å². The van der Waals surface area contributed by atoms with Crippen LogP contribution in [0.2, 0.25) is 0 Å². The second-order valence-corrected chi connectivity index (χ2v) is 5.02. The predicted octanol–water partition coefficient (Wildman–Crippen LogP) is 0.497. The number of phenols is 1. The van der Waals surface area contributed by atoms with Gasteiger partial charge in [-0.15, -0.1) is 0 Å². The van der Waals surface area contributed by atoms with Crippen molar-refractivity contribution in [1.29, 1.82) is 0 Å². The van der Waals surface area contributed by atoms with Gasteiger partial charge in [0, 0.05) is 20.1 Å². The lowest BCUT2D eigenvalue weighted by atomic mass is 10.1. The minimum Gasteiger partial charge on any atom is -0.508 e. The molecule has 0 spiro atoms. The van der Waals surface area contributed by atoms with Crippen molar-refractivity contribution in [2.45, 2.75) is 19.1 Å². The van der Waals surface area contributed by atoms with Gasteiger partial charge in [0.25, 0.3) is 0 Å². The fourth-order valence-corrected chi connectivity index (χ4v) is 1.91. The molecule has 0 saturated heterocycles. The van der Waals surface area contributed by atoms with E-state index in [-0.39, 0.29) is 24.7 Å². The van der Waals surface area contributed by atoms with E-state index in [1.807, 2.05) is 0 Å². The third-order valence-corrected chi connectivity index (χ3v) is 3.15. The average molecular weight is 336 g/mol. The summed E-state index contributed by atoms with van der Waals surface area (Å²) >= 11 is 0. The number of carbonyl (C=O) groups is 1. The van der Waals surface area contributed by atoms with E-state index in [1.54, 1.807) is 19.2 Å². The first-order valence-electron chi connectivity index (χ1n) is 7.37. The molecular weight excluding hydrogens is 316 g/mol. The standard InChI is InChI=1S/C15H20N4O5/c1-23-6-5-13-18-14(24-19-13)9-17-15(22)16-8-12(21)10-3-2-4-11(20)7-10/h2-4,7,12,20-21H,5-6,8-9H2,1H3,(H2,16,17,22). The number of methoxy groups -OCH3 is 1. The molecule has 1 aromatic carbocycles. The third kappa shape index (κ3) is 5.52. The molecule has 0 aliphatic carbocycles. The first kappa shape index (κ1) is 17.7. The fraction of sp³-hybridized carbons (Fsp3) is 0.400. The molecule has 2 rings (SSSR count). The van der Waals surface area contributed by atoms with Gasteiger partial charge in [-0.1, -0.05) is 17.3 Å². The van der Waals surface area contributed by atoms with Crippen molar-refractivity contribution in [2.24, 2.45) is 0 Å². The van der Waals surface area contributed by atoms with E-state index in [4.69, 9.17) is 9.26 Å². The van der Waals surface area contributed by atoms with Crippen molar-refractivity contribution in [1.82, 2.24) is 20.8 Å². The molecule has 0 aliphatic rings. The molecule has 0 aliphatic heterocycles. The lowest BCUT2D eigenvalue weighted by molar-refractivity contribution is 0.172. The summed E-state index contributed by atoms with van der Waals surface area (Å²) in [6.07, 6.45) is -0.394. The molecule has 2 amide bonds. The Kier molecular flexibility index (Phi) is 6.52. The van der Waals surface area contributed by atoms with Crippen LogP contribution in [0.1, 0.15) is 23.4 Å². The third-order valence-electron chi connectivity index (χ3n) is 3.15. The Morgan fingerprint density at radius 2 is 2.25 bits per heavy atom. The van der Waals surface area contributed by atoms with Crippen molar-refractivity contribution in [3.05, 3.63) is 41.5 Å². The van der Waals surface area contributed by atoms with Crippen LogP contribution in [-0.4, -0.2) is 46.6 Å². The van der Waals surface area contributed by atoms with E-state index in [0.29, 0.717) is 24.4 Å². The van der Waals surface area contributed by atoms with Gasteiger partial charge in [-0.05, 0) is 17.7 Å². The van der Waals surface area contributed by atoms with Gasteiger partial charge in [-0.2, -0.15) is 4.98 Å². The molecule has 2 aromatic rings. The zero-order valence-corrected chi connectivity index (χ0v) is 13.2. The number of rotatable bonds is 8. The maximum atomic E-state index is 11.7. The number of benzene rings is 1. The summed E-state index contributed by atoms with van der Waals surface area (Å²) in [6.45, 7) is 0.562. The molecule has 0 radical (unpaired) electrons. The summed E-state index contributed by atoms with van der Waals surface area (Å²) < 4.78 is 9.89. The molecule has 1 aromatic heterocycles. The van der Waals surface area contributed by atoms with Crippen LogP contribution in [0.3, 0.4) is 0 Å². The van der Waals surface area contributed by atoms with E-state index < -0.39 is 12.1 Å². The van der Waals surface area contributed by atoms with Gasteiger partial charge < -0.3 is 30.1 Å². The SMILES string of the molecule is COCCc1noc(CNC(=O)NCC(O)c2cccc(O)c2)n1. The largest absolute Gasteiger partial charge is 0.508 e. The normalized spacial score (nSPS) is 11.9. The van der Waals surface area contributed by atoms with Crippen LogP contribution in [0.15, 0.2) is 28.8 Å². The molecule has 4 N–H and O–H groups in total. The Morgan fingerprint density at radius 1 is 1.42 bits per heavy atom. The maximum Gasteiger partial charge on any atom is 0.315 e. The van der Waals surface area contributed by atoms with E-state index in [9.17, 15) is 15.0 Å². The molecule has 0 saturated carbocycles. The second-order valence-electron chi connectivity index (χ2n) is 5.02. The van der Waals surface area contributed by atoms with Crippen LogP contribution >= 0.6 is 0 Å². The van der Waals surface area contributed by atoms with Crippen molar-refractivity contribution in [3.63, 3.8) is 0 Å². The first-order valence-corrected chi connectivity index (χ1v) is 7.37. The Bertz CT molecular complexity index is 661. The number of nitrogens with one attached hydrogen (secondary N) is 2. The Labute approximate surface area is 138 Å². The summed E-state index contributed by atoms with van der Waals surface area (Å²) in [5.74, 6) is 0.842. The molecule has 9 heteroatoms. The Balaban J connectivity index is 1.72. The number of hydrogen-bond donors (Lipinski definition) is 4. The second kappa shape index (κ2) is 8.85. The number of amides is 2. The summed E-state index contributed by atoms with van der Waals surface area (Å²) in [5.41, 5.74) is 0.509. The minimum absolute atomic E-state index is 0.00178. The summed E-state index contributed by atoms with van der Waals surface area (Å²) in [6, 6.07) is 5.73. The average Bonchev–Trinajstić information content (AvgIpc) is 3.03. The Hall–Kier alpha value is -2.65. The van der Waals surface area contributed by atoms with Crippen LogP contribution in [0.4, 0.5) is 4.79 Å². The lowest BCUT2D eigenvalue weighted by Crippen LogP contribution is -2.37. The molecule has 0 bridgehead atoms. The lowest BCUT2D eigenvalue weighted by Gasteiger charge is -2.12. The summed E-state index contributed by atoms with van der Waals surface area (Å²) in [5, 5.41) is 28.1. The molecule has 1 heterocycles. The maximum absolute atomic E-state index is 11.7. The van der Waals surface area contributed by atoms with E-state index in [2.05, 4.69) is 20.8 Å². The van der Waals surface area contributed by atoms with Crippen molar-refractivity contribution in [2.75, 3.05) is 20.3 Å². The van der Waals surface area contributed by atoms with Crippen molar-refractivity contribution < 1.29 is 24.3 Å². The van der Waals surface area contributed by atoms with Gasteiger partial charge in [-0.3, -0.25) is 0 Å². The van der Waals surface area contributed by atoms with Crippen LogP contribution in [0.25, 0.3) is 0 Å². The molecule has 9 nitrogen and oxygen atoms in total. The van der Waals surface area contributed by atoms with Gasteiger partial charge in [0.05, 0.1) is 19.3 Å². The Morgan fingerprint density at radius 3 is 3.00 bits per heavy atom. The monoisotopic (exact) mass is 336 g/mol. The highest BCUT2D eigenvalue weighted by Crippen LogP contribution is 2.17. The minimum atomic E-state index is -0.924. The van der Waals surface area contributed by atoms with Crippen molar-refractivity contribution >= 4 is 6.03 Å². The number of hydrogen-bond acceptors (Lipinski definition) is 7. The van der Waals surface area contributed by atoms with Crippen molar-refractivity contribution in [3.8, 4) is 5.75 Å². The highest BCUT2D eigenvalue weighted by atomic mass is 16.5. The predicted molar refractivity (Wildman–Crippen MR) is 83.2 cm³/mol. The highest BCUT2D eigenvalue weighted by molar-refractivity contribution is 5.73. The molecule has 24 heavy (non-hydrogen) atoms. The van der Waals surface area contributed by atoms with E-state index in [0.717, 1.165) is 0 Å². The number of aromatic hydroxyl groups is 1. The molecule has 130 valence electrons.